The molecule has 0 radical (unpaired) electrons. The van der Waals surface area contributed by atoms with Gasteiger partial charge in [0.05, 0.1) is 10.9 Å². The molecule has 3 aromatic carbocycles. The Bertz CT molecular complexity index is 1390. The zero-order valence-corrected chi connectivity index (χ0v) is 19.9. The quantitative estimate of drug-likeness (QED) is 0.385. The Labute approximate surface area is 203 Å². The highest BCUT2D eigenvalue weighted by Gasteiger charge is 2.25. The number of amides is 2. The van der Waals surface area contributed by atoms with Gasteiger partial charge >= 0.3 is 6.03 Å². The van der Waals surface area contributed by atoms with Crippen LogP contribution in [0.3, 0.4) is 0 Å². The molecular weight excluding hydrogens is 472 g/mol. The number of rotatable bonds is 7. The third-order valence-electron chi connectivity index (χ3n) is 5.28. The van der Waals surface area contributed by atoms with Gasteiger partial charge in [0, 0.05) is 23.1 Å². The summed E-state index contributed by atoms with van der Waals surface area (Å²) in [6, 6.07) is 21.8. The van der Waals surface area contributed by atoms with Crippen molar-refractivity contribution in [3.63, 3.8) is 0 Å². The Morgan fingerprint density at radius 3 is 2.38 bits per heavy atom. The minimum atomic E-state index is -4.05. The number of carbonyl (C=O) groups excluding carboxylic acids is 1. The molecule has 0 saturated carbocycles. The number of urea groups is 1. The Morgan fingerprint density at radius 2 is 1.68 bits per heavy atom. The molecule has 0 aliphatic carbocycles. The van der Waals surface area contributed by atoms with Crippen LogP contribution in [0.4, 0.5) is 4.79 Å². The van der Waals surface area contributed by atoms with Crippen LogP contribution in [0.15, 0.2) is 96.2 Å². The molecule has 1 atom stereocenters. The molecule has 9 heteroatoms. The van der Waals surface area contributed by atoms with E-state index in [0.29, 0.717) is 22.8 Å². The highest BCUT2D eigenvalue weighted by Crippen LogP contribution is 2.22. The lowest BCUT2D eigenvalue weighted by Crippen LogP contribution is -2.42. The van der Waals surface area contributed by atoms with Crippen LogP contribution in [0.5, 0.6) is 0 Å². The summed E-state index contributed by atoms with van der Waals surface area (Å²) in [5, 5.41) is 3.40. The number of hydrogen-bond donors (Lipinski definition) is 2. The van der Waals surface area contributed by atoms with Gasteiger partial charge < -0.3 is 9.88 Å². The monoisotopic (exact) mass is 494 g/mol. The Balaban J connectivity index is 1.63. The highest BCUT2D eigenvalue weighted by molar-refractivity contribution is 7.90. The van der Waals surface area contributed by atoms with Crippen LogP contribution in [0.1, 0.15) is 23.0 Å². The minimum Gasteiger partial charge on any atom is -0.327 e. The largest absolute Gasteiger partial charge is 0.329 e. The van der Waals surface area contributed by atoms with Crippen molar-refractivity contribution in [3.8, 4) is 5.69 Å². The number of nitrogens with zero attached hydrogens (tertiary/aromatic N) is 2. The summed E-state index contributed by atoms with van der Waals surface area (Å²) in [5.74, 6) is 0.551. The summed E-state index contributed by atoms with van der Waals surface area (Å²) in [6.45, 7) is 1.67. The third-order valence-corrected chi connectivity index (χ3v) is 7.03. The van der Waals surface area contributed by atoms with Crippen LogP contribution in [-0.4, -0.2) is 24.0 Å². The van der Waals surface area contributed by atoms with Crippen molar-refractivity contribution < 1.29 is 13.2 Å². The molecule has 4 aromatic rings. The lowest BCUT2D eigenvalue weighted by molar-refractivity contribution is 0.241. The average Bonchev–Trinajstić information content (AvgIpc) is 3.29. The summed E-state index contributed by atoms with van der Waals surface area (Å²) in [4.78, 5) is 17.4. The van der Waals surface area contributed by atoms with E-state index in [1.54, 1.807) is 49.6 Å². The van der Waals surface area contributed by atoms with Crippen molar-refractivity contribution in [2.45, 2.75) is 24.3 Å². The summed E-state index contributed by atoms with van der Waals surface area (Å²) in [5.41, 5.74) is 2.31. The van der Waals surface area contributed by atoms with Gasteiger partial charge in [-0.15, -0.1) is 0 Å². The first-order valence-corrected chi connectivity index (χ1v) is 12.4. The first-order valence-electron chi connectivity index (χ1n) is 10.6. The van der Waals surface area contributed by atoms with E-state index in [2.05, 4.69) is 15.0 Å². The van der Waals surface area contributed by atoms with E-state index in [4.69, 9.17) is 11.6 Å². The predicted octanol–water partition coefficient (Wildman–Crippen LogP) is 4.81. The van der Waals surface area contributed by atoms with E-state index in [0.717, 1.165) is 11.3 Å². The van der Waals surface area contributed by atoms with E-state index in [1.807, 2.05) is 47.0 Å². The van der Waals surface area contributed by atoms with E-state index < -0.39 is 22.1 Å². The third kappa shape index (κ3) is 5.47. The van der Waals surface area contributed by atoms with Gasteiger partial charge in [0.2, 0.25) is 0 Å². The maximum absolute atomic E-state index is 12.9. The van der Waals surface area contributed by atoms with Gasteiger partial charge in [0.25, 0.3) is 10.0 Å². The fraction of sp³-hybridized carbons (Fsp3) is 0.120. The van der Waals surface area contributed by atoms with Crippen LogP contribution in [-0.2, 0) is 16.4 Å². The van der Waals surface area contributed by atoms with Gasteiger partial charge in [0.15, 0.2) is 0 Å². The fourth-order valence-electron chi connectivity index (χ4n) is 3.67. The molecule has 174 valence electrons. The first kappa shape index (κ1) is 23.5. The van der Waals surface area contributed by atoms with Crippen molar-refractivity contribution in [3.05, 3.63) is 113 Å². The van der Waals surface area contributed by atoms with Gasteiger partial charge in [-0.1, -0.05) is 60.1 Å². The fourth-order valence-corrected chi connectivity index (χ4v) is 4.96. The summed E-state index contributed by atoms with van der Waals surface area (Å²) in [6.07, 6.45) is 3.81. The Hall–Kier alpha value is -3.62. The van der Waals surface area contributed by atoms with Crippen LogP contribution in [0.25, 0.3) is 5.69 Å². The maximum atomic E-state index is 12.9. The predicted molar refractivity (Wildman–Crippen MR) is 131 cm³/mol. The smallest absolute Gasteiger partial charge is 0.327 e. The van der Waals surface area contributed by atoms with Crippen LogP contribution >= 0.6 is 11.6 Å². The number of aryl methyl sites for hydroxylation is 1. The van der Waals surface area contributed by atoms with E-state index in [9.17, 15) is 13.2 Å². The van der Waals surface area contributed by atoms with Gasteiger partial charge in [-0.05, 0) is 54.8 Å². The van der Waals surface area contributed by atoms with Crippen LogP contribution in [0, 0.1) is 6.92 Å². The Kier molecular flexibility index (Phi) is 7.00. The van der Waals surface area contributed by atoms with Crippen molar-refractivity contribution >= 4 is 27.7 Å². The molecule has 34 heavy (non-hydrogen) atoms. The topological polar surface area (TPSA) is 93.1 Å². The van der Waals surface area contributed by atoms with Crippen molar-refractivity contribution in [1.29, 1.82) is 0 Å². The minimum absolute atomic E-state index is 0.0485. The zero-order valence-electron chi connectivity index (χ0n) is 18.4. The molecule has 1 aromatic heterocycles. The molecular formula is C25H23ClN4O3S. The lowest BCUT2D eigenvalue weighted by Gasteiger charge is -2.21. The molecule has 0 aliphatic rings. The molecule has 7 nitrogen and oxygen atoms in total. The molecule has 2 N–H and O–H groups in total. The van der Waals surface area contributed by atoms with Gasteiger partial charge in [0.1, 0.15) is 5.82 Å². The number of halogens is 1. The number of nitrogens with one attached hydrogen (secondary N) is 2. The molecule has 0 spiro atoms. The standard InChI is InChI=1S/C25H23ClN4O3S/c1-18-7-5-6-10-23(18)34(32,33)29-25(31)28-22(17-19-8-3-2-4-9-19)24-27-15-16-30(24)21-13-11-20(26)12-14-21/h2-16,22H,17H2,1H3,(H2,28,29,31)/t22-/m0/s1. The van der Waals surface area contributed by atoms with Gasteiger partial charge in [-0.2, -0.15) is 0 Å². The molecule has 0 saturated heterocycles. The number of imidazole rings is 1. The highest BCUT2D eigenvalue weighted by atomic mass is 35.5. The summed E-state index contributed by atoms with van der Waals surface area (Å²) < 4.78 is 29.6. The number of sulfonamides is 1. The second-order valence-corrected chi connectivity index (χ2v) is 9.81. The molecule has 4 rings (SSSR count). The second-order valence-electron chi connectivity index (χ2n) is 7.72. The van der Waals surface area contributed by atoms with E-state index in [1.165, 1.54) is 6.07 Å². The first-order chi connectivity index (χ1) is 16.3. The van der Waals surface area contributed by atoms with E-state index >= 15 is 0 Å². The van der Waals surface area contributed by atoms with Crippen molar-refractivity contribution in [2.75, 3.05) is 0 Å². The number of hydrogen-bond acceptors (Lipinski definition) is 4. The zero-order chi connectivity index (χ0) is 24.1. The molecule has 0 aliphatic heterocycles. The molecule has 0 fully saturated rings. The van der Waals surface area contributed by atoms with Crippen molar-refractivity contribution in [2.24, 2.45) is 0 Å². The second kappa shape index (κ2) is 10.1. The number of carbonyl (C=O) groups is 1. The molecule has 1 heterocycles. The molecule has 2 amide bonds. The van der Waals surface area contributed by atoms with Crippen molar-refractivity contribution in [1.82, 2.24) is 19.6 Å². The molecule has 0 bridgehead atoms. The van der Waals surface area contributed by atoms with E-state index in [-0.39, 0.29) is 4.90 Å². The van der Waals surface area contributed by atoms with Gasteiger partial charge in [-0.25, -0.2) is 22.9 Å². The maximum Gasteiger partial charge on any atom is 0.329 e. The SMILES string of the molecule is Cc1ccccc1S(=O)(=O)NC(=O)N[C@@H](Cc1ccccc1)c1nccn1-c1ccc(Cl)cc1. The average molecular weight is 495 g/mol. The lowest BCUT2D eigenvalue weighted by atomic mass is 10.1. The van der Waals surface area contributed by atoms with Crippen LogP contribution < -0.4 is 10.0 Å². The summed E-state index contributed by atoms with van der Waals surface area (Å²) >= 11 is 6.03. The molecule has 0 unspecified atom stereocenters. The van der Waals surface area contributed by atoms with Crippen LogP contribution in [0.2, 0.25) is 5.02 Å². The number of benzene rings is 3. The Morgan fingerprint density at radius 1 is 1.00 bits per heavy atom. The normalized spacial score (nSPS) is 12.2. The number of aromatic nitrogens is 2. The summed E-state index contributed by atoms with van der Waals surface area (Å²) in [7, 11) is -4.05. The van der Waals surface area contributed by atoms with Gasteiger partial charge in [-0.3, -0.25) is 0 Å².